The molecular weight excluding hydrogens is 520 g/mol. The number of carbonyl (C=O) groups excluding carboxylic acids is 2. The zero-order chi connectivity index (χ0) is 30.0. The highest BCUT2D eigenvalue weighted by Gasteiger charge is 2.28. The van der Waals surface area contributed by atoms with Crippen LogP contribution in [0.4, 0.5) is 9.59 Å². The number of nitrogens with zero attached hydrogens (tertiary/aromatic N) is 2. The third kappa shape index (κ3) is 11.6. The molecule has 0 saturated carbocycles. The quantitative estimate of drug-likeness (QED) is 0.280. The van der Waals surface area contributed by atoms with Crippen LogP contribution in [0.2, 0.25) is 0 Å². The van der Waals surface area contributed by atoms with Crippen LogP contribution in [0.5, 0.6) is 0 Å². The van der Waals surface area contributed by atoms with Crippen molar-refractivity contribution < 1.29 is 24.2 Å². The summed E-state index contributed by atoms with van der Waals surface area (Å²) in [6, 6.07) is 22.4. The summed E-state index contributed by atoms with van der Waals surface area (Å²) in [7, 11) is 0. The van der Waals surface area contributed by atoms with E-state index in [0.29, 0.717) is 6.42 Å². The fourth-order valence-electron chi connectivity index (χ4n) is 4.08. The van der Waals surface area contributed by atoms with E-state index in [-0.39, 0.29) is 13.1 Å². The Kier molecular flexibility index (Phi) is 10.9. The van der Waals surface area contributed by atoms with Crippen LogP contribution < -0.4 is 10.7 Å². The summed E-state index contributed by atoms with van der Waals surface area (Å²) in [5.74, 6) is 0. The van der Waals surface area contributed by atoms with Gasteiger partial charge in [-0.05, 0) is 71.2 Å². The van der Waals surface area contributed by atoms with Gasteiger partial charge in [-0.2, -0.15) is 0 Å². The first-order valence-corrected chi connectivity index (χ1v) is 13.7. The van der Waals surface area contributed by atoms with E-state index in [1.807, 2.05) is 72.8 Å². The van der Waals surface area contributed by atoms with Crippen molar-refractivity contribution in [1.82, 2.24) is 20.7 Å². The van der Waals surface area contributed by atoms with Gasteiger partial charge in [-0.15, -0.1) is 0 Å². The molecule has 41 heavy (non-hydrogen) atoms. The number of benzene rings is 2. The van der Waals surface area contributed by atoms with E-state index in [4.69, 9.17) is 9.47 Å². The van der Waals surface area contributed by atoms with Crippen molar-refractivity contribution in [3.8, 4) is 11.3 Å². The van der Waals surface area contributed by atoms with Gasteiger partial charge in [0.05, 0.1) is 17.8 Å². The first-order valence-electron chi connectivity index (χ1n) is 13.7. The molecule has 0 fully saturated rings. The van der Waals surface area contributed by atoms with Gasteiger partial charge in [-0.3, -0.25) is 10.4 Å². The smallest absolute Gasteiger partial charge is 0.422 e. The molecular formula is C32H42N4O5. The minimum atomic E-state index is -1.06. The second-order valence-electron chi connectivity index (χ2n) is 11.9. The van der Waals surface area contributed by atoms with Crippen LogP contribution in [0.3, 0.4) is 0 Å². The summed E-state index contributed by atoms with van der Waals surface area (Å²) in [6.07, 6.45) is -0.233. The topological polar surface area (TPSA) is 113 Å². The van der Waals surface area contributed by atoms with Gasteiger partial charge in [0.2, 0.25) is 0 Å². The molecule has 3 aromatic rings. The Balaban J connectivity index is 1.80. The summed E-state index contributed by atoms with van der Waals surface area (Å²) in [5.41, 5.74) is 5.02. The fraction of sp³-hybridized carbons (Fsp3) is 0.406. The van der Waals surface area contributed by atoms with E-state index in [1.165, 1.54) is 0 Å². The monoisotopic (exact) mass is 562 g/mol. The highest BCUT2D eigenvalue weighted by atomic mass is 16.6. The molecule has 2 unspecified atom stereocenters. The molecule has 2 aromatic carbocycles. The summed E-state index contributed by atoms with van der Waals surface area (Å²) in [5, 5.41) is 15.8. The standard InChI is InChI=1S/C32H42N4O5/c1-31(2,3)40-29(38)34-27(20-23-12-8-7-9-13-23)28(37)22-36(35-30(39)41-32(4,5)6)21-24-15-17-25(18-16-24)26-14-10-11-19-33-26/h7-19,27-28,37H,20-22H2,1-6H3,(H,34,38)(H,35,39). The number of hydrogen-bond donors (Lipinski definition) is 3. The SMILES string of the molecule is CC(C)(C)OC(=O)NC(Cc1ccccc1)C(O)CN(Cc1ccc(-c2ccccn2)cc1)NC(=O)OC(C)(C)C. The molecule has 0 aliphatic heterocycles. The molecule has 0 radical (unpaired) electrons. The summed E-state index contributed by atoms with van der Waals surface area (Å²) in [4.78, 5) is 29.8. The second kappa shape index (κ2) is 14.1. The number of aromatic nitrogens is 1. The maximum Gasteiger partial charge on any atom is 0.422 e. The molecule has 0 spiro atoms. The first kappa shape index (κ1) is 31.6. The molecule has 9 heteroatoms. The molecule has 0 aliphatic carbocycles. The van der Waals surface area contributed by atoms with Crippen molar-refractivity contribution in [2.24, 2.45) is 0 Å². The van der Waals surface area contributed by atoms with Crippen molar-refractivity contribution in [3.05, 3.63) is 90.1 Å². The lowest BCUT2D eigenvalue weighted by molar-refractivity contribution is 0.0106. The van der Waals surface area contributed by atoms with Crippen molar-refractivity contribution >= 4 is 12.2 Å². The van der Waals surface area contributed by atoms with E-state index < -0.39 is 35.5 Å². The average molecular weight is 563 g/mol. The van der Waals surface area contributed by atoms with Gasteiger partial charge >= 0.3 is 12.2 Å². The number of aliphatic hydroxyl groups is 1. The van der Waals surface area contributed by atoms with Gasteiger partial charge < -0.3 is 19.9 Å². The van der Waals surface area contributed by atoms with Crippen LogP contribution >= 0.6 is 0 Å². The predicted molar refractivity (Wildman–Crippen MR) is 159 cm³/mol. The Morgan fingerprint density at radius 3 is 2.02 bits per heavy atom. The van der Waals surface area contributed by atoms with Crippen molar-refractivity contribution in [2.45, 2.75) is 77.9 Å². The lowest BCUT2D eigenvalue weighted by Crippen LogP contribution is -2.54. The summed E-state index contributed by atoms with van der Waals surface area (Å²) in [6.45, 7) is 11.0. The molecule has 0 bridgehead atoms. The van der Waals surface area contributed by atoms with Crippen LogP contribution in [0.1, 0.15) is 52.7 Å². The molecule has 2 atom stereocenters. The molecule has 3 N–H and O–H groups in total. The fourth-order valence-corrected chi connectivity index (χ4v) is 4.08. The van der Waals surface area contributed by atoms with E-state index >= 15 is 0 Å². The van der Waals surface area contributed by atoms with E-state index in [0.717, 1.165) is 22.4 Å². The lowest BCUT2D eigenvalue weighted by atomic mass is 10.0. The Morgan fingerprint density at radius 1 is 0.829 bits per heavy atom. The molecule has 0 saturated heterocycles. The van der Waals surface area contributed by atoms with Crippen LogP contribution in [0.25, 0.3) is 11.3 Å². The number of alkyl carbamates (subject to hydrolysis) is 1. The highest BCUT2D eigenvalue weighted by molar-refractivity contribution is 5.68. The van der Waals surface area contributed by atoms with Gasteiger partial charge in [0.25, 0.3) is 0 Å². The highest BCUT2D eigenvalue weighted by Crippen LogP contribution is 2.18. The molecule has 1 aromatic heterocycles. The number of aliphatic hydroxyl groups excluding tert-OH is 1. The minimum Gasteiger partial charge on any atom is -0.444 e. The number of pyridine rings is 1. The lowest BCUT2D eigenvalue weighted by Gasteiger charge is -2.31. The van der Waals surface area contributed by atoms with E-state index in [9.17, 15) is 14.7 Å². The number of carbonyl (C=O) groups is 2. The van der Waals surface area contributed by atoms with Gasteiger partial charge in [-0.25, -0.2) is 14.6 Å². The number of hydrogen-bond acceptors (Lipinski definition) is 7. The third-order valence-electron chi connectivity index (χ3n) is 5.81. The predicted octanol–water partition coefficient (Wildman–Crippen LogP) is 5.49. The molecule has 9 nitrogen and oxygen atoms in total. The van der Waals surface area contributed by atoms with Crippen LogP contribution in [0.15, 0.2) is 79.0 Å². The molecule has 3 rings (SSSR count). The Labute approximate surface area is 242 Å². The number of amides is 2. The molecule has 2 amide bonds. The van der Waals surface area contributed by atoms with E-state index in [2.05, 4.69) is 15.7 Å². The Bertz CT molecular complexity index is 1240. The average Bonchev–Trinajstić information content (AvgIpc) is 2.87. The maximum absolute atomic E-state index is 12.7. The number of nitrogens with one attached hydrogen (secondary N) is 2. The molecule has 0 aliphatic rings. The van der Waals surface area contributed by atoms with Crippen molar-refractivity contribution in [1.29, 1.82) is 0 Å². The Morgan fingerprint density at radius 2 is 1.44 bits per heavy atom. The zero-order valence-electron chi connectivity index (χ0n) is 24.8. The van der Waals surface area contributed by atoms with E-state index in [1.54, 1.807) is 52.7 Å². The number of hydrazine groups is 1. The zero-order valence-corrected chi connectivity index (χ0v) is 24.8. The largest absolute Gasteiger partial charge is 0.444 e. The Hall–Kier alpha value is -3.95. The molecule has 1 heterocycles. The third-order valence-corrected chi connectivity index (χ3v) is 5.81. The maximum atomic E-state index is 12.7. The van der Waals surface area contributed by atoms with Crippen LogP contribution in [0, 0.1) is 0 Å². The van der Waals surface area contributed by atoms with Gasteiger partial charge in [-0.1, -0.05) is 60.7 Å². The van der Waals surface area contributed by atoms with Crippen LogP contribution in [-0.2, 0) is 22.4 Å². The number of ether oxygens (including phenoxy) is 2. The minimum absolute atomic E-state index is 0.00847. The summed E-state index contributed by atoms with van der Waals surface area (Å²) < 4.78 is 10.9. The normalized spacial score (nSPS) is 13.3. The summed E-state index contributed by atoms with van der Waals surface area (Å²) >= 11 is 0. The van der Waals surface area contributed by atoms with Gasteiger partial charge in [0, 0.05) is 24.8 Å². The van der Waals surface area contributed by atoms with Gasteiger partial charge in [0.1, 0.15) is 11.2 Å². The number of rotatable bonds is 10. The van der Waals surface area contributed by atoms with Crippen molar-refractivity contribution in [2.75, 3.05) is 6.54 Å². The second-order valence-corrected chi connectivity index (χ2v) is 11.9. The first-order chi connectivity index (χ1) is 19.3. The van der Waals surface area contributed by atoms with Crippen molar-refractivity contribution in [3.63, 3.8) is 0 Å². The molecule has 220 valence electrons. The van der Waals surface area contributed by atoms with Crippen LogP contribution in [-0.4, -0.2) is 57.2 Å². The van der Waals surface area contributed by atoms with Gasteiger partial charge in [0.15, 0.2) is 0 Å².